The molecule has 7 heteroatoms. The quantitative estimate of drug-likeness (QED) is 0.808. The Morgan fingerprint density at radius 1 is 1.11 bits per heavy atom. The van der Waals surface area contributed by atoms with Gasteiger partial charge in [-0.05, 0) is 12.1 Å². The van der Waals surface area contributed by atoms with Gasteiger partial charge in [-0.25, -0.2) is 19.6 Å². The van der Waals surface area contributed by atoms with Gasteiger partial charge in [0, 0.05) is 17.0 Å². The lowest BCUT2D eigenvalue weighted by molar-refractivity contribution is -0.134. The summed E-state index contributed by atoms with van der Waals surface area (Å²) >= 11 is 1.59. The first-order valence-corrected chi connectivity index (χ1v) is 5.91. The molecule has 2 rings (SSSR count). The van der Waals surface area contributed by atoms with E-state index in [-0.39, 0.29) is 0 Å². The molecule has 0 atom stereocenters. The van der Waals surface area contributed by atoms with Gasteiger partial charge in [0.15, 0.2) is 0 Å². The summed E-state index contributed by atoms with van der Waals surface area (Å²) in [7, 11) is 0. The van der Waals surface area contributed by atoms with Crippen LogP contribution in [0.4, 0.5) is 5.69 Å². The largest absolute Gasteiger partial charge is 0.478 e. The lowest BCUT2D eigenvalue weighted by Crippen LogP contribution is -1.91. The first-order chi connectivity index (χ1) is 9.09. The van der Waals surface area contributed by atoms with Crippen molar-refractivity contribution < 1.29 is 19.8 Å². The molecule has 0 aliphatic carbocycles. The number of nitrogens with zero attached hydrogens (tertiary/aromatic N) is 2. The molecule has 0 unspecified atom stereocenters. The van der Waals surface area contributed by atoms with Crippen molar-refractivity contribution in [2.75, 3.05) is 0 Å². The van der Waals surface area contributed by atoms with Gasteiger partial charge in [-0.3, -0.25) is 0 Å². The zero-order valence-electron chi connectivity index (χ0n) is 9.63. The van der Waals surface area contributed by atoms with Crippen molar-refractivity contribution in [1.82, 2.24) is 0 Å². The number of rotatable bonds is 2. The molecule has 1 aliphatic rings. The maximum atomic E-state index is 9.55. The number of carboxylic acid groups (broad SMARTS) is 2. The first kappa shape index (κ1) is 14.7. The number of carboxylic acids is 2. The predicted molar refractivity (Wildman–Crippen MR) is 73.4 cm³/mol. The Labute approximate surface area is 113 Å². The molecule has 0 bridgehead atoms. The SMILES string of the molecule is C1=NC=Nc2ccccc2S1.O=C(O)C=CC(=O)O. The van der Waals surface area contributed by atoms with Crippen LogP contribution in [0.2, 0.25) is 0 Å². The maximum Gasteiger partial charge on any atom is 0.328 e. The van der Waals surface area contributed by atoms with Crippen LogP contribution in [0.15, 0.2) is 51.3 Å². The smallest absolute Gasteiger partial charge is 0.328 e. The second-order valence-electron chi connectivity index (χ2n) is 3.09. The summed E-state index contributed by atoms with van der Waals surface area (Å²) in [5.41, 5.74) is 2.78. The number of aliphatic carboxylic acids is 2. The Bertz CT molecular complexity index is 536. The third kappa shape index (κ3) is 6.18. The van der Waals surface area contributed by atoms with Gasteiger partial charge in [-0.15, -0.1) is 0 Å². The Kier molecular flexibility index (Phi) is 6.04. The van der Waals surface area contributed by atoms with Crippen molar-refractivity contribution in [3.63, 3.8) is 0 Å². The number of hydrogen-bond donors (Lipinski definition) is 2. The summed E-state index contributed by atoms with van der Waals surface area (Å²) in [4.78, 5) is 28.3. The van der Waals surface area contributed by atoms with E-state index in [9.17, 15) is 9.59 Å². The van der Waals surface area contributed by atoms with Gasteiger partial charge < -0.3 is 10.2 Å². The molecule has 1 heterocycles. The van der Waals surface area contributed by atoms with E-state index in [2.05, 4.69) is 9.98 Å². The molecule has 0 fully saturated rings. The summed E-state index contributed by atoms with van der Waals surface area (Å²) in [6, 6.07) is 7.99. The van der Waals surface area contributed by atoms with Gasteiger partial charge in [-0.1, -0.05) is 23.9 Å². The van der Waals surface area contributed by atoms with Crippen molar-refractivity contribution in [1.29, 1.82) is 0 Å². The molecule has 0 spiro atoms. The molecular weight excluding hydrogens is 268 g/mol. The van der Waals surface area contributed by atoms with Crippen molar-refractivity contribution in [2.45, 2.75) is 4.90 Å². The second-order valence-corrected chi connectivity index (χ2v) is 3.98. The highest BCUT2D eigenvalue weighted by atomic mass is 32.2. The van der Waals surface area contributed by atoms with Gasteiger partial charge in [0.2, 0.25) is 0 Å². The predicted octanol–water partition coefficient (Wildman–Crippen LogP) is 2.19. The molecule has 2 N–H and O–H groups in total. The molecule has 0 saturated carbocycles. The second kappa shape index (κ2) is 7.83. The van der Waals surface area contributed by atoms with Crippen LogP contribution in [0.5, 0.6) is 0 Å². The van der Waals surface area contributed by atoms with Gasteiger partial charge in [0.05, 0.1) is 11.2 Å². The minimum absolute atomic E-state index is 0.558. The summed E-state index contributed by atoms with van der Waals surface area (Å²) < 4.78 is 0. The van der Waals surface area contributed by atoms with Gasteiger partial charge in [0.1, 0.15) is 6.34 Å². The Hall–Kier alpha value is -2.41. The van der Waals surface area contributed by atoms with E-state index in [0.29, 0.717) is 12.2 Å². The van der Waals surface area contributed by atoms with Crippen LogP contribution >= 0.6 is 11.8 Å². The van der Waals surface area contributed by atoms with E-state index >= 15 is 0 Å². The lowest BCUT2D eigenvalue weighted by atomic mass is 10.3. The Balaban J connectivity index is 0.000000203. The molecule has 6 nitrogen and oxygen atoms in total. The molecule has 1 aliphatic heterocycles. The van der Waals surface area contributed by atoms with Crippen LogP contribution in [-0.4, -0.2) is 34.0 Å². The minimum atomic E-state index is -1.26. The molecule has 1 aromatic rings. The Morgan fingerprint density at radius 3 is 2.37 bits per heavy atom. The van der Waals surface area contributed by atoms with Gasteiger partial charge in [-0.2, -0.15) is 0 Å². The molecule has 98 valence electrons. The normalized spacial score (nSPS) is 12.2. The number of benzene rings is 1. The van der Waals surface area contributed by atoms with Crippen molar-refractivity contribution in [3.05, 3.63) is 36.4 Å². The Morgan fingerprint density at radius 2 is 1.74 bits per heavy atom. The molecular formula is C12H10N2O4S. The molecule has 0 saturated heterocycles. The molecule has 0 aromatic heterocycles. The molecule has 0 amide bonds. The lowest BCUT2D eigenvalue weighted by Gasteiger charge is -1.96. The average Bonchev–Trinajstić information content (AvgIpc) is 2.62. The van der Waals surface area contributed by atoms with Gasteiger partial charge >= 0.3 is 11.9 Å². The standard InChI is InChI=1S/C8H6N2S.C4H4O4/c1-2-4-8-7(3-1)10-5-9-6-11-8;5-3(6)1-2-4(7)8/h1-6H;1-2H,(H,5,6)(H,7,8). The number of aliphatic imine (C=N–C) groups is 2. The number of thioether (sulfide) groups is 1. The van der Waals surface area contributed by atoms with Crippen molar-refractivity contribution in [3.8, 4) is 0 Å². The third-order valence-corrected chi connectivity index (χ3v) is 2.56. The topological polar surface area (TPSA) is 99.3 Å². The van der Waals surface area contributed by atoms with Gasteiger partial charge in [0.25, 0.3) is 0 Å². The van der Waals surface area contributed by atoms with Crippen LogP contribution in [0, 0.1) is 0 Å². The number of para-hydroxylation sites is 1. The van der Waals surface area contributed by atoms with E-state index < -0.39 is 11.9 Å². The van der Waals surface area contributed by atoms with E-state index in [1.165, 1.54) is 0 Å². The zero-order valence-corrected chi connectivity index (χ0v) is 10.4. The van der Waals surface area contributed by atoms with E-state index in [0.717, 1.165) is 10.6 Å². The van der Waals surface area contributed by atoms with Crippen LogP contribution in [0.25, 0.3) is 0 Å². The summed E-state index contributed by atoms with van der Waals surface area (Å²) in [5.74, 6) is -2.51. The molecule has 0 radical (unpaired) electrons. The van der Waals surface area contributed by atoms with E-state index in [1.807, 2.05) is 24.3 Å². The third-order valence-electron chi connectivity index (χ3n) is 1.74. The number of carbonyl (C=O) groups is 2. The highest BCUT2D eigenvalue weighted by Crippen LogP contribution is 2.28. The van der Waals surface area contributed by atoms with Crippen LogP contribution in [0.1, 0.15) is 0 Å². The summed E-state index contributed by atoms with van der Waals surface area (Å²) in [6.07, 6.45) is 2.68. The summed E-state index contributed by atoms with van der Waals surface area (Å²) in [5, 5.41) is 15.6. The van der Waals surface area contributed by atoms with Crippen LogP contribution < -0.4 is 0 Å². The number of fused-ring (bicyclic) bond motifs is 1. The average molecular weight is 278 g/mol. The first-order valence-electron chi connectivity index (χ1n) is 5.03. The molecule has 1 aromatic carbocycles. The summed E-state index contributed by atoms with van der Waals surface area (Å²) in [6.45, 7) is 0. The fraction of sp³-hybridized carbons (Fsp3) is 0. The van der Waals surface area contributed by atoms with Crippen molar-refractivity contribution >= 4 is 41.3 Å². The monoisotopic (exact) mass is 278 g/mol. The van der Waals surface area contributed by atoms with Crippen molar-refractivity contribution in [2.24, 2.45) is 9.98 Å². The fourth-order valence-corrected chi connectivity index (χ4v) is 1.64. The maximum absolute atomic E-state index is 9.55. The zero-order chi connectivity index (χ0) is 14.1. The van der Waals surface area contributed by atoms with E-state index in [4.69, 9.17) is 10.2 Å². The number of hydrogen-bond acceptors (Lipinski definition) is 5. The van der Waals surface area contributed by atoms with E-state index in [1.54, 1.807) is 23.6 Å². The fourth-order valence-electron chi connectivity index (χ4n) is 1.02. The highest BCUT2D eigenvalue weighted by Gasteiger charge is 1.99. The van der Waals surface area contributed by atoms with Crippen LogP contribution in [-0.2, 0) is 9.59 Å². The minimum Gasteiger partial charge on any atom is -0.478 e. The highest BCUT2D eigenvalue weighted by molar-refractivity contribution is 8.12. The molecule has 19 heavy (non-hydrogen) atoms. The van der Waals surface area contributed by atoms with Crippen LogP contribution in [0.3, 0.4) is 0 Å².